The lowest BCUT2D eigenvalue weighted by atomic mass is 10.00. The highest BCUT2D eigenvalue weighted by Gasteiger charge is 2.15. The summed E-state index contributed by atoms with van der Waals surface area (Å²) < 4.78 is 5.19. The van der Waals surface area contributed by atoms with E-state index < -0.39 is 0 Å². The zero-order valence-corrected chi connectivity index (χ0v) is 11.9. The maximum atomic E-state index is 5.19. The smallest absolute Gasteiger partial charge is 0.176 e. The van der Waals surface area contributed by atoms with E-state index in [1.165, 1.54) is 4.80 Å². The van der Waals surface area contributed by atoms with Crippen molar-refractivity contribution in [1.82, 2.24) is 25.5 Å². The number of nitrogens with zero attached hydrogens (tertiary/aromatic N) is 4. The zero-order chi connectivity index (χ0) is 13.4. The largest absolute Gasteiger partial charge is 0.384 e. The van der Waals surface area contributed by atoms with Crippen LogP contribution in [0.2, 0.25) is 0 Å². The lowest BCUT2D eigenvalue weighted by molar-refractivity contribution is 0.149. The summed E-state index contributed by atoms with van der Waals surface area (Å²) in [4.78, 5) is 1.50. The molecule has 6 heteroatoms. The third-order valence-corrected chi connectivity index (χ3v) is 2.80. The standard InChI is InChI=1S/C12H25N5O/c1-5-6-13-11(7-10(2)9-18-4)8-12-14-16-17(3)15-12/h10-11,13H,5-9H2,1-4H3. The van der Waals surface area contributed by atoms with E-state index in [4.69, 9.17) is 4.74 Å². The Kier molecular flexibility index (Phi) is 6.82. The van der Waals surface area contributed by atoms with Crippen molar-refractivity contribution in [2.75, 3.05) is 20.3 Å². The number of methoxy groups -OCH3 is 1. The number of aryl methyl sites for hydroxylation is 1. The highest BCUT2D eigenvalue weighted by molar-refractivity contribution is 4.85. The minimum atomic E-state index is 0.388. The molecule has 1 aromatic rings. The first-order chi connectivity index (χ1) is 8.65. The molecule has 0 saturated carbocycles. The fourth-order valence-corrected chi connectivity index (χ4v) is 2.05. The first kappa shape index (κ1) is 15.0. The Balaban J connectivity index is 2.48. The fourth-order valence-electron chi connectivity index (χ4n) is 2.05. The van der Waals surface area contributed by atoms with Crippen LogP contribution in [0.3, 0.4) is 0 Å². The molecule has 1 aromatic heterocycles. The van der Waals surface area contributed by atoms with E-state index in [0.29, 0.717) is 12.0 Å². The molecule has 1 N–H and O–H groups in total. The molecule has 0 saturated heterocycles. The molecule has 1 rings (SSSR count). The lowest BCUT2D eigenvalue weighted by Crippen LogP contribution is -2.34. The molecule has 18 heavy (non-hydrogen) atoms. The molecule has 0 aliphatic heterocycles. The molecule has 2 unspecified atom stereocenters. The van der Waals surface area contributed by atoms with Gasteiger partial charge in [0.1, 0.15) is 0 Å². The van der Waals surface area contributed by atoms with Crippen LogP contribution in [0.4, 0.5) is 0 Å². The topological polar surface area (TPSA) is 64.9 Å². The molecule has 2 atom stereocenters. The molecule has 6 nitrogen and oxygen atoms in total. The van der Waals surface area contributed by atoms with Gasteiger partial charge in [-0.2, -0.15) is 4.80 Å². The number of aromatic nitrogens is 4. The van der Waals surface area contributed by atoms with E-state index in [1.54, 1.807) is 14.2 Å². The van der Waals surface area contributed by atoms with Crippen LogP contribution in [-0.2, 0) is 18.2 Å². The van der Waals surface area contributed by atoms with Crippen LogP contribution in [0, 0.1) is 5.92 Å². The van der Waals surface area contributed by atoms with Crippen LogP contribution >= 0.6 is 0 Å². The summed E-state index contributed by atoms with van der Waals surface area (Å²) in [6, 6.07) is 0.388. The molecule has 0 aromatic carbocycles. The van der Waals surface area contributed by atoms with E-state index in [2.05, 4.69) is 34.6 Å². The molecule has 0 fully saturated rings. The van der Waals surface area contributed by atoms with Gasteiger partial charge in [-0.1, -0.05) is 13.8 Å². The lowest BCUT2D eigenvalue weighted by Gasteiger charge is -2.20. The summed E-state index contributed by atoms with van der Waals surface area (Å²) in [7, 11) is 3.54. The van der Waals surface area contributed by atoms with Gasteiger partial charge in [0.05, 0.1) is 7.05 Å². The van der Waals surface area contributed by atoms with Gasteiger partial charge in [0.25, 0.3) is 0 Å². The molecule has 0 radical (unpaired) electrons. The molecule has 0 bridgehead atoms. The van der Waals surface area contributed by atoms with E-state index >= 15 is 0 Å². The van der Waals surface area contributed by atoms with Gasteiger partial charge in [0.15, 0.2) is 5.82 Å². The van der Waals surface area contributed by atoms with E-state index in [0.717, 1.165) is 38.2 Å². The number of tetrazole rings is 1. The van der Waals surface area contributed by atoms with Crippen LogP contribution < -0.4 is 5.32 Å². The van der Waals surface area contributed by atoms with Crippen LogP contribution in [0.15, 0.2) is 0 Å². The van der Waals surface area contributed by atoms with Crippen molar-refractivity contribution >= 4 is 0 Å². The Morgan fingerprint density at radius 1 is 1.44 bits per heavy atom. The maximum absolute atomic E-state index is 5.19. The summed E-state index contributed by atoms with van der Waals surface area (Å²) in [5, 5.41) is 15.7. The van der Waals surface area contributed by atoms with E-state index in [9.17, 15) is 0 Å². The number of ether oxygens (including phenoxy) is 1. The van der Waals surface area contributed by atoms with Gasteiger partial charge in [-0.25, -0.2) is 0 Å². The number of hydrogen-bond donors (Lipinski definition) is 1. The average molecular weight is 255 g/mol. The van der Waals surface area contributed by atoms with Gasteiger partial charge in [0.2, 0.25) is 0 Å². The first-order valence-electron chi connectivity index (χ1n) is 6.60. The monoisotopic (exact) mass is 255 g/mol. The Labute approximate surface area is 109 Å². The van der Waals surface area contributed by atoms with Crippen molar-refractivity contribution in [1.29, 1.82) is 0 Å². The minimum absolute atomic E-state index is 0.388. The number of nitrogens with one attached hydrogen (secondary N) is 1. The SMILES string of the molecule is CCCNC(Cc1nnn(C)n1)CC(C)COC. The minimum Gasteiger partial charge on any atom is -0.384 e. The van der Waals surface area contributed by atoms with Crippen molar-refractivity contribution in [3.8, 4) is 0 Å². The second-order valence-electron chi connectivity index (χ2n) is 4.85. The fraction of sp³-hybridized carbons (Fsp3) is 0.917. The normalized spacial score (nSPS) is 14.7. The van der Waals surface area contributed by atoms with Crippen molar-refractivity contribution in [2.24, 2.45) is 13.0 Å². The molecule has 0 aliphatic rings. The predicted octanol–water partition coefficient (Wildman–Crippen LogP) is 0.793. The molecular formula is C12H25N5O. The van der Waals surface area contributed by atoms with Gasteiger partial charge in [-0.3, -0.25) is 0 Å². The van der Waals surface area contributed by atoms with Crippen LogP contribution in [-0.4, -0.2) is 46.5 Å². The third-order valence-electron chi connectivity index (χ3n) is 2.80. The van der Waals surface area contributed by atoms with Crippen molar-refractivity contribution in [3.05, 3.63) is 5.82 Å². The second kappa shape index (κ2) is 8.16. The van der Waals surface area contributed by atoms with Crippen molar-refractivity contribution < 1.29 is 4.74 Å². The first-order valence-corrected chi connectivity index (χ1v) is 6.60. The Morgan fingerprint density at radius 2 is 2.22 bits per heavy atom. The predicted molar refractivity (Wildman–Crippen MR) is 70.2 cm³/mol. The average Bonchev–Trinajstić information content (AvgIpc) is 2.72. The summed E-state index contributed by atoms with van der Waals surface area (Å²) in [6.07, 6.45) is 3.01. The van der Waals surface area contributed by atoms with Gasteiger partial charge >= 0.3 is 0 Å². The van der Waals surface area contributed by atoms with Gasteiger partial charge in [-0.15, -0.1) is 10.2 Å². The van der Waals surface area contributed by atoms with Crippen LogP contribution in [0.25, 0.3) is 0 Å². The number of rotatable bonds is 9. The highest BCUT2D eigenvalue weighted by atomic mass is 16.5. The summed E-state index contributed by atoms with van der Waals surface area (Å²) in [5.41, 5.74) is 0. The molecule has 0 spiro atoms. The Morgan fingerprint density at radius 3 is 2.78 bits per heavy atom. The molecule has 104 valence electrons. The quantitative estimate of drug-likeness (QED) is 0.707. The van der Waals surface area contributed by atoms with Gasteiger partial charge in [0, 0.05) is 26.2 Å². The van der Waals surface area contributed by atoms with Crippen LogP contribution in [0.1, 0.15) is 32.5 Å². The van der Waals surface area contributed by atoms with E-state index in [1.807, 2.05) is 0 Å². The van der Waals surface area contributed by atoms with Crippen molar-refractivity contribution in [3.63, 3.8) is 0 Å². The van der Waals surface area contributed by atoms with Gasteiger partial charge < -0.3 is 10.1 Å². The Hall–Kier alpha value is -1.01. The van der Waals surface area contributed by atoms with Gasteiger partial charge in [-0.05, 0) is 30.5 Å². The maximum Gasteiger partial charge on any atom is 0.176 e. The summed E-state index contributed by atoms with van der Waals surface area (Å²) in [6.45, 7) is 6.18. The van der Waals surface area contributed by atoms with Crippen LogP contribution in [0.5, 0.6) is 0 Å². The second-order valence-corrected chi connectivity index (χ2v) is 4.85. The molecule has 0 amide bonds. The summed E-state index contributed by atoms with van der Waals surface area (Å²) >= 11 is 0. The molecular weight excluding hydrogens is 230 g/mol. The number of hydrogen-bond acceptors (Lipinski definition) is 5. The Bertz CT molecular complexity index is 328. The summed E-state index contributed by atoms with van der Waals surface area (Å²) in [5.74, 6) is 1.33. The third kappa shape index (κ3) is 5.55. The molecule has 0 aliphatic carbocycles. The zero-order valence-electron chi connectivity index (χ0n) is 11.9. The van der Waals surface area contributed by atoms with Crippen molar-refractivity contribution in [2.45, 2.75) is 39.2 Å². The molecule has 1 heterocycles. The highest BCUT2D eigenvalue weighted by Crippen LogP contribution is 2.09. The van der Waals surface area contributed by atoms with E-state index in [-0.39, 0.29) is 0 Å².